The number of allylic oxidation sites excluding steroid dienone is 1. The maximum Gasteiger partial charge on any atom is 0.410 e. The van der Waals surface area contributed by atoms with Crippen molar-refractivity contribution >= 4 is 11.9 Å². The molecule has 0 atom stereocenters. The number of aromatic hydroxyl groups is 1. The summed E-state index contributed by atoms with van der Waals surface area (Å²) in [4.78, 5) is 33.9. The smallest absolute Gasteiger partial charge is 0.410 e. The second kappa shape index (κ2) is 21.2. The molecule has 196 valence electrons. The van der Waals surface area contributed by atoms with E-state index in [0.29, 0.717) is 25.0 Å². The number of ketones is 1. The fourth-order valence-corrected chi connectivity index (χ4v) is 2.57. The van der Waals surface area contributed by atoms with Crippen LogP contribution < -0.4 is 10.9 Å². The number of carbonyl (C=O) groups is 2. The number of Topliss-reactive ketones (excluding diaryl/α,β-unsaturated/α-hetero) is 1. The summed E-state index contributed by atoms with van der Waals surface area (Å²) in [5, 5.41) is 12.1. The molecular formula is C28H43NO6. The normalized spacial score (nSPS) is 9.49. The first-order valence-electron chi connectivity index (χ1n) is 12.3. The number of hydrogen-bond donors (Lipinski definition) is 2. The Morgan fingerprint density at radius 2 is 1.69 bits per heavy atom. The van der Waals surface area contributed by atoms with Crippen molar-refractivity contribution in [3.8, 4) is 5.75 Å². The topological polar surface area (TPSA) is 106 Å². The zero-order valence-corrected chi connectivity index (χ0v) is 22.6. The number of methoxy groups -OCH3 is 1. The van der Waals surface area contributed by atoms with Gasteiger partial charge in [-0.05, 0) is 31.7 Å². The van der Waals surface area contributed by atoms with Gasteiger partial charge >= 0.3 is 11.7 Å². The van der Waals surface area contributed by atoms with Gasteiger partial charge in [-0.3, -0.25) is 10.1 Å². The molecule has 35 heavy (non-hydrogen) atoms. The summed E-state index contributed by atoms with van der Waals surface area (Å²) in [7, 11) is 1.27. The number of hydrogen-bond acceptors (Lipinski definition) is 6. The van der Waals surface area contributed by atoms with Crippen molar-refractivity contribution in [1.82, 2.24) is 5.32 Å². The van der Waals surface area contributed by atoms with Crippen LogP contribution in [0.4, 0.5) is 4.79 Å². The number of unbranched alkanes of at least 4 members (excludes halogenated alkanes) is 1. The molecular weight excluding hydrogens is 446 g/mol. The Bertz CT molecular complexity index is 929. The monoisotopic (exact) mass is 489 g/mol. The van der Waals surface area contributed by atoms with Crippen molar-refractivity contribution < 1.29 is 23.8 Å². The Labute approximate surface area is 210 Å². The quantitative estimate of drug-likeness (QED) is 0.314. The molecule has 0 spiro atoms. The average molecular weight is 490 g/mol. The first-order chi connectivity index (χ1) is 16.8. The number of ether oxygens (including phenoxy) is 1. The van der Waals surface area contributed by atoms with Crippen molar-refractivity contribution in [1.29, 1.82) is 0 Å². The zero-order chi connectivity index (χ0) is 27.2. The van der Waals surface area contributed by atoms with E-state index in [1.165, 1.54) is 30.5 Å². The summed E-state index contributed by atoms with van der Waals surface area (Å²) < 4.78 is 9.41. The molecule has 0 unspecified atom stereocenters. The third-order valence-electron chi connectivity index (χ3n) is 4.41. The lowest BCUT2D eigenvalue weighted by atomic mass is 10.1. The average Bonchev–Trinajstić information content (AvgIpc) is 2.88. The lowest BCUT2D eigenvalue weighted by Crippen LogP contribution is -2.16. The van der Waals surface area contributed by atoms with Gasteiger partial charge in [0, 0.05) is 25.1 Å². The number of rotatable bonds is 8. The molecule has 7 nitrogen and oxygen atoms in total. The number of alkyl carbamates (subject to hydrolysis) is 1. The zero-order valence-electron chi connectivity index (χ0n) is 22.6. The molecule has 0 bridgehead atoms. The predicted octanol–water partition coefficient (Wildman–Crippen LogP) is 6.74. The summed E-state index contributed by atoms with van der Waals surface area (Å²) in [5.74, 6) is -0.486. The molecule has 1 aromatic carbocycles. The molecule has 0 fully saturated rings. The van der Waals surface area contributed by atoms with Gasteiger partial charge in [0.25, 0.3) is 0 Å². The van der Waals surface area contributed by atoms with Gasteiger partial charge in [-0.2, -0.15) is 0 Å². The van der Waals surface area contributed by atoms with Crippen LogP contribution in [0.25, 0.3) is 0 Å². The molecule has 0 saturated heterocycles. The minimum Gasteiger partial charge on any atom is -0.507 e. The second-order valence-corrected chi connectivity index (χ2v) is 6.81. The Morgan fingerprint density at radius 3 is 2.17 bits per heavy atom. The Balaban J connectivity index is 0. The summed E-state index contributed by atoms with van der Waals surface area (Å²) in [6.07, 6.45) is 5.59. The minimum atomic E-state index is -0.815. The summed E-state index contributed by atoms with van der Waals surface area (Å²) >= 11 is 0. The first-order valence-corrected chi connectivity index (χ1v) is 12.3. The van der Waals surface area contributed by atoms with Crippen LogP contribution in [0.3, 0.4) is 0 Å². The van der Waals surface area contributed by atoms with Crippen LogP contribution in [0.1, 0.15) is 88.1 Å². The molecule has 0 aliphatic heterocycles. The molecule has 7 heteroatoms. The number of carbonyl (C=O) groups excluding carboxylic acids is 2. The maximum absolute atomic E-state index is 11.7. The van der Waals surface area contributed by atoms with Crippen molar-refractivity contribution in [2.75, 3.05) is 7.11 Å². The van der Waals surface area contributed by atoms with E-state index < -0.39 is 17.5 Å². The summed E-state index contributed by atoms with van der Waals surface area (Å²) in [6, 6.07) is 9.95. The highest BCUT2D eigenvalue weighted by atomic mass is 16.5. The first kappa shape index (κ1) is 33.8. The number of aryl methyl sites for hydroxylation is 3. The third-order valence-corrected chi connectivity index (χ3v) is 4.41. The lowest BCUT2D eigenvalue weighted by molar-refractivity contribution is 0.0981. The van der Waals surface area contributed by atoms with Gasteiger partial charge < -0.3 is 14.3 Å². The van der Waals surface area contributed by atoms with E-state index >= 15 is 0 Å². The molecule has 2 rings (SSSR count). The molecule has 2 aromatic rings. The summed E-state index contributed by atoms with van der Waals surface area (Å²) in [5.41, 5.74) is 1.64. The van der Waals surface area contributed by atoms with Gasteiger partial charge in [0.05, 0.1) is 7.11 Å². The van der Waals surface area contributed by atoms with E-state index in [1.807, 2.05) is 27.7 Å². The Kier molecular flexibility index (Phi) is 20.5. The van der Waals surface area contributed by atoms with E-state index in [4.69, 9.17) is 4.42 Å². The van der Waals surface area contributed by atoms with Crippen molar-refractivity contribution in [3.63, 3.8) is 0 Å². The van der Waals surface area contributed by atoms with Crippen molar-refractivity contribution in [2.24, 2.45) is 0 Å². The number of nitrogens with one attached hydrogen (secondary N) is 1. The highest BCUT2D eigenvalue weighted by molar-refractivity contribution is 5.97. The van der Waals surface area contributed by atoms with E-state index in [1.54, 1.807) is 13.0 Å². The Hall–Kier alpha value is -3.35. The molecule has 0 aliphatic carbocycles. The van der Waals surface area contributed by atoms with Crippen LogP contribution >= 0.6 is 0 Å². The van der Waals surface area contributed by atoms with E-state index in [0.717, 1.165) is 6.42 Å². The van der Waals surface area contributed by atoms with E-state index in [9.17, 15) is 19.5 Å². The number of benzene rings is 1. The van der Waals surface area contributed by atoms with Gasteiger partial charge in [-0.1, -0.05) is 77.4 Å². The molecule has 0 saturated carbocycles. The van der Waals surface area contributed by atoms with Gasteiger partial charge in [-0.15, -0.1) is 0 Å². The molecule has 1 aromatic heterocycles. The Morgan fingerprint density at radius 1 is 1.09 bits per heavy atom. The lowest BCUT2D eigenvalue weighted by Gasteiger charge is -2.03. The molecule has 1 heterocycles. The SMILES string of the molecule is CC.CC.CCC(=O)c1c(O)cc(CCC/C=C/NC(=O)OC)oc1=O.CCc1ccc(C)cc1. The van der Waals surface area contributed by atoms with Crippen LogP contribution in [-0.2, 0) is 17.6 Å². The minimum absolute atomic E-state index is 0.121. The van der Waals surface area contributed by atoms with Crippen molar-refractivity contribution in [3.05, 3.63) is 75.5 Å². The third kappa shape index (κ3) is 14.5. The summed E-state index contributed by atoms with van der Waals surface area (Å²) in [6.45, 7) is 13.9. The second-order valence-electron chi connectivity index (χ2n) is 6.81. The van der Waals surface area contributed by atoms with Crippen LogP contribution in [0.15, 0.2) is 51.8 Å². The highest BCUT2D eigenvalue weighted by Crippen LogP contribution is 2.18. The highest BCUT2D eigenvalue weighted by Gasteiger charge is 2.17. The van der Waals surface area contributed by atoms with Crippen LogP contribution in [0.5, 0.6) is 5.75 Å². The molecule has 0 radical (unpaired) electrons. The van der Waals surface area contributed by atoms with E-state index in [-0.39, 0.29) is 17.7 Å². The number of amides is 1. The molecule has 0 aliphatic rings. The van der Waals surface area contributed by atoms with Crippen LogP contribution in [0.2, 0.25) is 0 Å². The predicted molar refractivity (Wildman–Crippen MR) is 142 cm³/mol. The van der Waals surface area contributed by atoms with Gasteiger partial charge in [-0.25, -0.2) is 9.59 Å². The molecule has 2 N–H and O–H groups in total. The fourth-order valence-electron chi connectivity index (χ4n) is 2.57. The fraction of sp³-hybridized carbons (Fsp3) is 0.464. The van der Waals surface area contributed by atoms with Gasteiger partial charge in [0.2, 0.25) is 0 Å². The van der Waals surface area contributed by atoms with Crippen LogP contribution in [-0.4, -0.2) is 24.1 Å². The van der Waals surface area contributed by atoms with Crippen LogP contribution in [0, 0.1) is 6.92 Å². The van der Waals surface area contributed by atoms with Gasteiger partial charge in [0.15, 0.2) is 5.78 Å². The molecule has 1 amide bonds. The van der Waals surface area contributed by atoms with Crippen molar-refractivity contribution in [2.45, 2.75) is 80.6 Å². The standard InChI is InChI=1S/C15H19NO6.C9H12.2C2H6/c1-3-11(17)13-12(18)9-10(22-14(13)19)7-5-4-6-8-16-15(20)21-2;1-3-9-6-4-8(2)5-7-9;2*1-2/h6,8-9,18H,3-5,7H2,1-2H3,(H,16,20);4-7H,3H2,1-2H3;2*1-2H3/b8-6+;;;. The van der Waals surface area contributed by atoms with Gasteiger partial charge in [0.1, 0.15) is 17.1 Å². The largest absolute Gasteiger partial charge is 0.507 e. The van der Waals surface area contributed by atoms with E-state index in [2.05, 4.69) is 48.2 Å². The maximum atomic E-state index is 11.7.